The van der Waals surface area contributed by atoms with Crippen molar-refractivity contribution in [2.75, 3.05) is 4.90 Å². The van der Waals surface area contributed by atoms with E-state index in [1.165, 1.54) is 0 Å². The fourth-order valence-electron chi connectivity index (χ4n) is 5.46. The summed E-state index contributed by atoms with van der Waals surface area (Å²) in [5.41, 5.74) is -8.66. The molecule has 0 radical (unpaired) electrons. The van der Waals surface area contributed by atoms with Crippen molar-refractivity contribution >= 4 is 71.6 Å². The molecule has 3 nitrogen and oxygen atoms in total. The number of rotatable bonds is 5. The van der Waals surface area contributed by atoms with Gasteiger partial charge < -0.3 is 13.9 Å². The molecule has 8 aromatic carbocycles. The van der Waals surface area contributed by atoms with Crippen LogP contribution in [0.3, 0.4) is 0 Å². The van der Waals surface area contributed by atoms with Crippen LogP contribution in [0.4, 0.5) is 17.1 Å². The van der Waals surface area contributed by atoms with E-state index in [-0.39, 0.29) is 0 Å². The van der Waals surface area contributed by atoms with Gasteiger partial charge in [0, 0.05) is 55.7 Å². The predicted octanol–water partition coefficient (Wildman–Crippen LogP) is 13.0. The number of aromatic nitrogens is 1. The number of hydrogen-bond acceptors (Lipinski definition) is 2. The van der Waals surface area contributed by atoms with Crippen LogP contribution in [-0.4, -0.2) is 4.57 Å². The summed E-state index contributed by atoms with van der Waals surface area (Å²) < 4.78 is 276. The van der Waals surface area contributed by atoms with Crippen molar-refractivity contribution in [2.45, 2.75) is 0 Å². The Hall–Kier alpha value is -6.58. The first-order valence-corrected chi connectivity index (χ1v) is 14.2. The van der Waals surface area contributed by atoms with E-state index in [4.69, 9.17) is 31.8 Å². The molecule has 0 bridgehead atoms. The quantitative estimate of drug-likeness (QED) is 0.184. The van der Waals surface area contributed by atoms with Gasteiger partial charge in [0.15, 0.2) is 0 Å². The second kappa shape index (κ2) is 11.0. The Morgan fingerprint density at radius 2 is 1.04 bits per heavy atom. The maximum Gasteiger partial charge on any atom is 0.143 e. The van der Waals surface area contributed by atoms with Crippen molar-refractivity contribution < 1.29 is 45.5 Å². The lowest BCUT2D eigenvalue weighted by atomic mass is 10.0. The lowest BCUT2D eigenvalue weighted by Crippen LogP contribution is -2.09. The van der Waals surface area contributed by atoms with Gasteiger partial charge >= 0.3 is 0 Å². The fourth-order valence-corrected chi connectivity index (χ4v) is 5.46. The Kier molecular flexibility index (Phi) is 2.47. The van der Waals surface area contributed by atoms with E-state index in [9.17, 15) is 13.7 Å². The van der Waals surface area contributed by atoms with E-state index in [1.807, 2.05) is 0 Å². The zero-order chi connectivity index (χ0) is 58.4. The summed E-state index contributed by atoms with van der Waals surface area (Å²) in [7, 11) is 0. The third-order valence-corrected chi connectivity index (χ3v) is 7.56. The maximum absolute atomic E-state index is 10.1. The Bertz CT molecular complexity index is 4480. The van der Waals surface area contributed by atoms with Crippen LogP contribution in [0.2, 0.25) is 0 Å². The van der Waals surface area contributed by atoms with Gasteiger partial charge in [0.05, 0.1) is 52.2 Å². The van der Waals surface area contributed by atoms with Crippen LogP contribution in [0.5, 0.6) is 0 Å². The summed E-state index contributed by atoms with van der Waals surface area (Å²) in [6, 6.07) is -29.6. The Balaban J connectivity index is 1.46. The summed E-state index contributed by atoms with van der Waals surface area (Å²) in [5.74, 6) is 0. The van der Waals surface area contributed by atoms with Crippen molar-refractivity contribution in [3.63, 3.8) is 0 Å². The normalized spacial score (nSPS) is 20.2. The number of benzene rings is 8. The Morgan fingerprint density at radius 1 is 0.429 bits per heavy atom. The topological polar surface area (TPSA) is 21.3 Å². The molecule has 10 aromatic rings. The molecule has 0 saturated carbocycles. The molecular weight excluding hydrogens is 597 g/mol. The summed E-state index contributed by atoms with van der Waals surface area (Å²) in [5, 5.41) is -3.51. The van der Waals surface area contributed by atoms with Crippen LogP contribution in [0.1, 0.15) is 41.1 Å². The molecule has 230 valence electrons. The summed E-state index contributed by atoms with van der Waals surface area (Å²) in [6.07, 6.45) is 0. The minimum Gasteiger partial charge on any atom is -0.455 e. The van der Waals surface area contributed by atoms with Gasteiger partial charge in [-0.2, -0.15) is 0 Å². The molecular formula is C46H30N2O. The molecule has 0 aliphatic rings. The molecule has 0 fully saturated rings. The van der Waals surface area contributed by atoms with Crippen LogP contribution >= 0.6 is 0 Å². The summed E-state index contributed by atoms with van der Waals surface area (Å²) in [6.45, 7) is 0. The number of anilines is 3. The number of hydrogen-bond donors (Lipinski definition) is 0. The first-order valence-electron chi connectivity index (χ1n) is 29.2. The van der Waals surface area contributed by atoms with E-state index in [0.29, 0.717) is 9.47 Å². The number of fused-ring (bicyclic) bond motifs is 8. The maximum atomic E-state index is 10.1. The minimum absolute atomic E-state index is 0.394. The molecule has 0 amide bonds. The largest absolute Gasteiger partial charge is 0.455 e. The van der Waals surface area contributed by atoms with Gasteiger partial charge in [-0.25, -0.2) is 0 Å². The molecule has 10 rings (SSSR count). The van der Waals surface area contributed by atoms with Crippen molar-refractivity contribution in [2.24, 2.45) is 0 Å². The molecule has 2 aromatic heterocycles. The van der Waals surface area contributed by atoms with E-state index in [0.717, 1.165) is 0 Å². The smallest absolute Gasteiger partial charge is 0.143 e. The SMILES string of the molecule is [2H]c1c([2H])c([2H])c(-c2c([2H])c([2H])c(N(c3c([2H])c([2H])c4c(oc5c6c([2H])c([2H])c([2H])c([2H])c6c([2H])c([2H])c54)c3[2H])c3c([2H])c([2H])c4c(c3[2H])c3c([2H])c([2H])c([2H])c([2H])c3n4-c3c([2H])c([2H])c([2H])c([2H])c3[2H])c([2H])c2[2H])c([2H])c1[2H]. The molecule has 0 aliphatic carbocycles. The molecule has 2 heterocycles. The zero-order valence-corrected chi connectivity index (χ0v) is 24.3. The highest BCUT2D eigenvalue weighted by atomic mass is 16.3. The average molecular weight is 657 g/mol. The molecule has 0 N–H and O–H groups in total. The average Bonchev–Trinajstić information content (AvgIpc) is 4.21. The van der Waals surface area contributed by atoms with Crippen molar-refractivity contribution in [1.82, 2.24) is 4.57 Å². The van der Waals surface area contributed by atoms with E-state index in [1.54, 1.807) is 0 Å². The van der Waals surface area contributed by atoms with Crippen molar-refractivity contribution in [3.8, 4) is 16.8 Å². The standard InChI is InChI=1S/C46H30N2O/c1-3-11-31(12-4-1)32-19-22-35(23-20-32)47(37-24-27-40-41-26-21-33-13-7-8-16-38(33)46(41)49-45(40)30-37)36-25-28-44-42(29-36)39-17-9-10-18-43(39)48(44)34-14-5-2-6-15-34/h1-30H/i1D,2D,3D,4D,5D,6D,7D,8D,9D,10D,11D,12D,13D,14D,15D,16D,17D,18D,19D,20D,21D,22D,23D,24D,25D,26D,27D,28D,29D,30D. The molecule has 0 atom stereocenters. The Labute approximate surface area is 325 Å². The van der Waals surface area contributed by atoms with Crippen LogP contribution in [0.15, 0.2) is 186 Å². The number of furan rings is 1. The first-order chi connectivity index (χ1) is 36.8. The molecule has 3 heteroatoms. The van der Waals surface area contributed by atoms with Crippen LogP contribution in [-0.2, 0) is 0 Å². The van der Waals surface area contributed by atoms with Gasteiger partial charge in [-0.15, -0.1) is 0 Å². The monoisotopic (exact) mass is 656 g/mol. The van der Waals surface area contributed by atoms with Gasteiger partial charge in [-0.05, 0) is 83.0 Å². The molecule has 0 aliphatic heterocycles. The molecule has 0 spiro atoms. The molecule has 0 unspecified atom stereocenters. The number of para-hydroxylation sites is 2. The van der Waals surface area contributed by atoms with E-state index >= 15 is 0 Å². The Morgan fingerprint density at radius 3 is 1.88 bits per heavy atom. The zero-order valence-electron chi connectivity index (χ0n) is 54.3. The summed E-state index contributed by atoms with van der Waals surface area (Å²) >= 11 is 0. The highest BCUT2D eigenvalue weighted by Crippen LogP contribution is 2.42. The second-order valence-corrected chi connectivity index (χ2v) is 10.3. The highest BCUT2D eigenvalue weighted by molar-refractivity contribution is 6.15. The molecule has 49 heavy (non-hydrogen) atoms. The lowest BCUT2D eigenvalue weighted by Gasteiger charge is -2.26. The molecule has 0 saturated heterocycles. The number of nitrogens with zero attached hydrogens (tertiary/aromatic N) is 2. The predicted molar refractivity (Wildman–Crippen MR) is 206 cm³/mol. The minimum atomic E-state index is -1.25. The van der Waals surface area contributed by atoms with Crippen LogP contribution in [0, 0.1) is 0 Å². The van der Waals surface area contributed by atoms with Gasteiger partial charge in [-0.3, -0.25) is 0 Å². The fraction of sp³-hybridized carbons (Fsp3) is 0. The third-order valence-electron chi connectivity index (χ3n) is 7.56. The van der Waals surface area contributed by atoms with E-state index in [2.05, 4.69) is 0 Å². The van der Waals surface area contributed by atoms with Crippen molar-refractivity contribution in [1.29, 1.82) is 0 Å². The van der Waals surface area contributed by atoms with Gasteiger partial charge in [0.2, 0.25) is 0 Å². The second-order valence-electron chi connectivity index (χ2n) is 10.3. The first kappa shape index (κ1) is 11.0. The highest BCUT2D eigenvalue weighted by Gasteiger charge is 2.19. The summed E-state index contributed by atoms with van der Waals surface area (Å²) in [4.78, 5) is 0.394. The third kappa shape index (κ3) is 4.44. The van der Waals surface area contributed by atoms with Gasteiger partial charge in [-0.1, -0.05) is 109 Å². The van der Waals surface area contributed by atoms with Gasteiger partial charge in [0.25, 0.3) is 0 Å². The van der Waals surface area contributed by atoms with Gasteiger partial charge in [0.1, 0.15) is 11.2 Å². The lowest BCUT2D eigenvalue weighted by molar-refractivity contribution is 0.672. The van der Waals surface area contributed by atoms with Crippen LogP contribution in [0.25, 0.3) is 71.3 Å². The van der Waals surface area contributed by atoms with E-state index < -0.39 is 270 Å². The van der Waals surface area contributed by atoms with Crippen LogP contribution < -0.4 is 4.90 Å². The van der Waals surface area contributed by atoms with Crippen molar-refractivity contribution in [3.05, 3.63) is 181 Å².